The summed E-state index contributed by atoms with van der Waals surface area (Å²) in [7, 11) is 1.73. The zero-order valence-electron chi connectivity index (χ0n) is 14.7. The number of guanidine groups is 1. The monoisotopic (exact) mass is 425 g/mol. The molecule has 0 aromatic rings. The average Bonchev–Trinajstić information content (AvgIpc) is 2.88. The van der Waals surface area contributed by atoms with Crippen LogP contribution < -0.4 is 10.6 Å². The number of nitrogens with one attached hydrogen (secondary N) is 2. The van der Waals surface area contributed by atoms with Crippen LogP contribution in [0.2, 0.25) is 0 Å². The van der Waals surface area contributed by atoms with E-state index >= 15 is 0 Å². The lowest BCUT2D eigenvalue weighted by Gasteiger charge is -2.55. The maximum atomic E-state index is 5.85. The Balaban J connectivity index is 0.00000242. The van der Waals surface area contributed by atoms with Gasteiger partial charge in [-0.3, -0.25) is 4.99 Å². The first-order chi connectivity index (χ1) is 9.81. The SMILES string of the molecule is CCNC(=NCC(C)(C)OC)NC1C2CCOC2C1(C)C.I. The van der Waals surface area contributed by atoms with E-state index in [1.807, 2.05) is 13.8 Å². The zero-order valence-corrected chi connectivity index (χ0v) is 17.1. The fourth-order valence-electron chi connectivity index (χ4n) is 3.42. The van der Waals surface area contributed by atoms with Crippen LogP contribution in [0.4, 0.5) is 0 Å². The predicted octanol–water partition coefficient (Wildman–Crippen LogP) is 2.40. The van der Waals surface area contributed by atoms with E-state index in [0.29, 0.717) is 24.6 Å². The second-order valence-corrected chi connectivity index (χ2v) is 7.35. The van der Waals surface area contributed by atoms with Crippen molar-refractivity contribution >= 4 is 29.9 Å². The van der Waals surface area contributed by atoms with Gasteiger partial charge in [0.25, 0.3) is 0 Å². The topological polar surface area (TPSA) is 54.9 Å². The second-order valence-electron chi connectivity index (χ2n) is 7.35. The van der Waals surface area contributed by atoms with E-state index in [1.54, 1.807) is 7.11 Å². The van der Waals surface area contributed by atoms with Gasteiger partial charge in [0.2, 0.25) is 0 Å². The van der Waals surface area contributed by atoms with Crippen LogP contribution in [-0.2, 0) is 9.47 Å². The highest BCUT2D eigenvalue weighted by Gasteiger charge is 2.59. The minimum atomic E-state index is -0.240. The molecule has 3 unspecified atom stereocenters. The Morgan fingerprint density at radius 2 is 2.09 bits per heavy atom. The van der Waals surface area contributed by atoms with E-state index in [1.165, 1.54) is 0 Å². The van der Waals surface area contributed by atoms with E-state index in [9.17, 15) is 0 Å². The maximum Gasteiger partial charge on any atom is 0.191 e. The molecule has 1 heterocycles. The van der Waals surface area contributed by atoms with Gasteiger partial charge in [-0.2, -0.15) is 0 Å². The Morgan fingerprint density at radius 3 is 2.68 bits per heavy atom. The molecule has 0 aromatic carbocycles. The van der Waals surface area contributed by atoms with Crippen molar-refractivity contribution in [2.75, 3.05) is 26.8 Å². The molecule has 2 rings (SSSR count). The lowest BCUT2D eigenvalue weighted by Crippen LogP contribution is -2.68. The van der Waals surface area contributed by atoms with Gasteiger partial charge in [-0.1, -0.05) is 13.8 Å². The third-order valence-corrected chi connectivity index (χ3v) is 4.91. The van der Waals surface area contributed by atoms with Crippen LogP contribution in [-0.4, -0.2) is 50.5 Å². The van der Waals surface area contributed by atoms with Gasteiger partial charge in [-0.05, 0) is 27.2 Å². The van der Waals surface area contributed by atoms with Crippen molar-refractivity contribution in [3.63, 3.8) is 0 Å². The lowest BCUT2D eigenvalue weighted by atomic mass is 9.57. The number of hydrogen-bond acceptors (Lipinski definition) is 3. The zero-order chi connectivity index (χ0) is 15.7. The summed E-state index contributed by atoms with van der Waals surface area (Å²) in [5, 5.41) is 6.95. The Bertz CT molecular complexity index is 399. The fourth-order valence-corrected chi connectivity index (χ4v) is 3.42. The first kappa shape index (κ1) is 20.0. The molecule has 0 aromatic heterocycles. The quantitative estimate of drug-likeness (QED) is 0.404. The molecule has 1 saturated heterocycles. The second kappa shape index (κ2) is 7.66. The van der Waals surface area contributed by atoms with Crippen molar-refractivity contribution in [2.45, 2.75) is 58.8 Å². The van der Waals surface area contributed by atoms with Crippen molar-refractivity contribution in [3.05, 3.63) is 0 Å². The maximum absolute atomic E-state index is 5.85. The summed E-state index contributed by atoms with van der Waals surface area (Å²) in [5.41, 5.74) is -0.0788. The molecule has 2 fully saturated rings. The van der Waals surface area contributed by atoms with Crippen LogP contribution in [0.5, 0.6) is 0 Å². The summed E-state index contributed by atoms with van der Waals surface area (Å²) in [6.45, 7) is 13.1. The highest BCUT2D eigenvalue weighted by atomic mass is 127. The molecule has 1 aliphatic carbocycles. The number of fused-ring (bicyclic) bond motifs is 1. The molecular weight excluding hydrogens is 393 g/mol. The van der Waals surface area contributed by atoms with E-state index in [4.69, 9.17) is 9.47 Å². The Labute approximate surface area is 152 Å². The van der Waals surface area contributed by atoms with Gasteiger partial charge >= 0.3 is 0 Å². The van der Waals surface area contributed by atoms with Gasteiger partial charge in [-0.25, -0.2) is 0 Å². The smallest absolute Gasteiger partial charge is 0.191 e. The summed E-state index contributed by atoms with van der Waals surface area (Å²) in [6.07, 6.45) is 1.54. The normalized spacial score (nSPS) is 30.1. The highest BCUT2D eigenvalue weighted by Crippen LogP contribution is 2.52. The van der Waals surface area contributed by atoms with Crippen LogP contribution in [0.1, 0.15) is 41.0 Å². The van der Waals surface area contributed by atoms with Crippen LogP contribution in [0.3, 0.4) is 0 Å². The van der Waals surface area contributed by atoms with Crippen molar-refractivity contribution in [1.82, 2.24) is 10.6 Å². The highest BCUT2D eigenvalue weighted by molar-refractivity contribution is 14.0. The molecule has 6 heteroatoms. The Morgan fingerprint density at radius 1 is 1.41 bits per heavy atom. The molecule has 0 bridgehead atoms. The molecule has 1 saturated carbocycles. The van der Waals surface area contributed by atoms with Crippen LogP contribution in [0.15, 0.2) is 4.99 Å². The summed E-state index contributed by atoms with van der Waals surface area (Å²) >= 11 is 0. The average molecular weight is 425 g/mol. The van der Waals surface area contributed by atoms with Gasteiger partial charge in [0.05, 0.1) is 18.2 Å². The summed E-state index contributed by atoms with van der Waals surface area (Å²) < 4.78 is 11.3. The largest absolute Gasteiger partial charge is 0.377 e. The summed E-state index contributed by atoms with van der Waals surface area (Å²) in [4.78, 5) is 4.69. The van der Waals surface area contributed by atoms with Gasteiger partial charge in [-0.15, -0.1) is 24.0 Å². The molecule has 2 N–H and O–H groups in total. The number of rotatable bonds is 5. The minimum absolute atomic E-state index is 0. The minimum Gasteiger partial charge on any atom is -0.377 e. The predicted molar refractivity (Wildman–Crippen MR) is 101 cm³/mol. The van der Waals surface area contributed by atoms with E-state index < -0.39 is 0 Å². The standard InChI is InChI=1S/C16H31N3O2.HI/c1-7-17-14(18-10-15(2,3)20-6)19-12-11-8-9-21-13(11)16(12,4)5;/h11-13H,7-10H2,1-6H3,(H2,17,18,19);1H. The first-order valence-electron chi connectivity index (χ1n) is 8.03. The number of nitrogens with zero attached hydrogens (tertiary/aromatic N) is 1. The third-order valence-electron chi connectivity index (χ3n) is 4.91. The number of ether oxygens (including phenoxy) is 2. The fraction of sp³-hybridized carbons (Fsp3) is 0.938. The molecule has 3 atom stereocenters. The molecule has 2 aliphatic rings. The molecule has 0 spiro atoms. The van der Waals surface area contributed by atoms with E-state index in [-0.39, 0.29) is 35.0 Å². The Kier molecular flexibility index (Phi) is 6.95. The van der Waals surface area contributed by atoms with Crippen LogP contribution >= 0.6 is 24.0 Å². The van der Waals surface area contributed by atoms with Gasteiger partial charge < -0.3 is 20.1 Å². The van der Waals surface area contributed by atoms with Crippen molar-refractivity contribution < 1.29 is 9.47 Å². The number of aliphatic imine (C=N–C) groups is 1. The number of halogens is 1. The molecule has 1 aliphatic heterocycles. The van der Waals surface area contributed by atoms with Crippen LogP contribution in [0, 0.1) is 11.3 Å². The number of methoxy groups -OCH3 is 1. The van der Waals surface area contributed by atoms with Crippen molar-refractivity contribution in [1.29, 1.82) is 0 Å². The summed E-state index contributed by atoms with van der Waals surface area (Å²) in [5.74, 6) is 1.49. The molecule has 0 amide bonds. The van der Waals surface area contributed by atoms with Crippen LogP contribution in [0.25, 0.3) is 0 Å². The third kappa shape index (κ3) is 4.06. The van der Waals surface area contributed by atoms with Gasteiger partial charge in [0.1, 0.15) is 0 Å². The molecular formula is C16H32IN3O2. The molecule has 130 valence electrons. The molecule has 22 heavy (non-hydrogen) atoms. The van der Waals surface area contributed by atoms with Crippen molar-refractivity contribution in [2.24, 2.45) is 16.3 Å². The number of hydrogen-bond donors (Lipinski definition) is 2. The van der Waals surface area contributed by atoms with E-state index in [2.05, 4.69) is 36.4 Å². The van der Waals surface area contributed by atoms with Gasteiger partial charge in [0, 0.05) is 37.6 Å². The lowest BCUT2D eigenvalue weighted by molar-refractivity contribution is -0.106. The van der Waals surface area contributed by atoms with E-state index in [0.717, 1.165) is 25.5 Å². The molecule has 5 nitrogen and oxygen atoms in total. The Hall–Kier alpha value is -0.0800. The van der Waals surface area contributed by atoms with Crippen molar-refractivity contribution in [3.8, 4) is 0 Å². The van der Waals surface area contributed by atoms with Gasteiger partial charge in [0.15, 0.2) is 5.96 Å². The molecule has 0 radical (unpaired) electrons. The first-order valence-corrected chi connectivity index (χ1v) is 8.03. The summed E-state index contributed by atoms with van der Waals surface area (Å²) in [6, 6.07) is 0.424.